The van der Waals surface area contributed by atoms with Gasteiger partial charge in [-0.2, -0.15) is 0 Å². The first-order valence-corrected chi connectivity index (χ1v) is 9.02. The van der Waals surface area contributed by atoms with E-state index in [1.807, 2.05) is 37.3 Å². The van der Waals surface area contributed by atoms with Crippen LogP contribution in [0.3, 0.4) is 0 Å². The molecule has 138 valence electrons. The molecule has 26 heavy (non-hydrogen) atoms. The Kier molecular flexibility index (Phi) is 6.01. The summed E-state index contributed by atoms with van der Waals surface area (Å²) >= 11 is 6.35. The fourth-order valence-corrected chi connectivity index (χ4v) is 2.72. The number of carbonyl (C=O) groups is 1. The van der Waals surface area contributed by atoms with E-state index in [-0.39, 0.29) is 12.5 Å². The fourth-order valence-electron chi connectivity index (χ4n) is 2.50. The van der Waals surface area contributed by atoms with Crippen LogP contribution >= 0.6 is 11.6 Å². The number of hydrogen-bond acceptors (Lipinski definition) is 4. The number of carbonyl (C=O) groups excluding carboxylic acids is 1. The van der Waals surface area contributed by atoms with Crippen LogP contribution in [0.4, 0.5) is 5.69 Å². The quantitative estimate of drug-likeness (QED) is 0.735. The van der Waals surface area contributed by atoms with Crippen LogP contribution in [0.1, 0.15) is 24.0 Å². The fraction of sp³-hybridized carbons (Fsp3) is 0.350. The second-order valence-corrected chi connectivity index (χ2v) is 6.86. The van der Waals surface area contributed by atoms with Gasteiger partial charge in [-0.1, -0.05) is 29.3 Å². The van der Waals surface area contributed by atoms with Gasteiger partial charge in [0.15, 0.2) is 18.1 Å². The molecule has 6 heteroatoms. The monoisotopic (exact) mass is 374 g/mol. The third-order valence-corrected chi connectivity index (χ3v) is 4.54. The summed E-state index contributed by atoms with van der Waals surface area (Å²) < 4.78 is 11.0. The van der Waals surface area contributed by atoms with Gasteiger partial charge in [0.25, 0.3) is 5.91 Å². The van der Waals surface area contributed by atoms with Gasteiger partial charge in [-0.3, -0.25) is 4.79 Å². The molecule has 0 atom stereocenters. The van der Waals surface area contributed by atoms with Crippen LogP contribution < -0.4 is 20.1 Å². The Hall–Kier alpha value is -2.24. The van der Waals surface area contributed by atoms with E-state index in [1.165, 1.54) is 12.8 Å². The van der Waals surface area contributed by atoms with Gasteiger partial charge in [-0.05, 0) is 43.5 Å². The van der Waals surface area contributed by atoms with Crippen molar-refractivity contribution in [1.82, 2.24) is 5.32 Å². The van der Waals surface area contributed by atoms with Crippen molar-refractivity contribution in [1.29, 1.82) is 0 Å². The van der Waals surface area contributed by atoms with Gasteiger partial charge in [-0.15, -0.1) is 0 Å². The second kappa shape index (κ2) is 8.43. The number of aryl methyl sites for hydroxylation is 1. The van der Waals surface area contributed by atoms with Crippen molar-refractivity contribution < 1.29 is 14.3 Å². The molecule has 0 aliphatic heterocycles. The topological polar surface area (TPSA) is 59.6 Å². The summed E-state index contributed by atoms with van der Waals surface area (Å²) in [5, 5.41) is 6.81. The molecule has 2 N–H and O–H groups in total. The van der Waals surface area contributed by atoms with E-state index in [0.717, 1.165) is 16.8 Å². The van der Waals surface area contributed by atoms with Crippen LogP contribution in [0.15, 0.2) is 36.4 Å². The van der Waals surface area contributed by atoms with Gasteiger partial charge < -0.3 is 20.1 Å². The summed E-state index contributed by atoms with van der Waals surface area (Å²) in [4.78, 5) is 12.1. The summed E-state index contributed by atoms with van der Waals surface area (Å²) in [6, 6.07) is 11.7. The minimum atomic E-state index is -0.244. The molecule has 0 saturated heterocycles. The molecule has 5 nitrogen and oxygen atoms in total. The Bertz CT molecular complexity index is 773. The van der Waals surface area contributed by atoms with Crippen molar-refractivity contribution in [3.8, 4) is 11.5 Å². The summed E-state index contributed by atoms with van der Waals surface area (Å²) in [6.07, 6.45) is 2.43. The van der Waals surface area contributed by atoms with Gasteiger partial charge in [0.05, 0.1) is 7.11 Å². The molecule has 3 rings (SSSR count). The van der Waals surface area contributed by atoms with Crippen molar-refractivity contribution in [3.05, 3.63) is 52.5 Å². The predicted octanol–water partition coefficient (Wildman–Crippen LogP) is 3.93. The summed E-state index contributed by atoms with van der Waals surface area (Å²) in [7, 11) is 1.57. The molecule has 0 unspecified atom stereocenters. The van der Waals surface area contributed by atoms with Crippen LogP contribution in [-0.4, -0.2) is 25.7 Å². The van der Waals surface area contributed by atoms with E-state index >= 15 is 0 Å². The average Bonchev–Trinajstić information content (AvgIpc) is 3.45. The van der Waals surface area contributed by atoms with Crippen LogP contribution in [-0.2, 0) is 11.3 Å². The number of amides is 1. The molecule has 0 bridgehead atoms. The highest BCUT2D eigenvalue weighted by Gasteiger charge is 2.21. The molecule has 2 aromatic carbocycles. The van der Waals surface area contributed by atoms with E-state index in [4.69, 9.17) is 21.1 Å². The molecule has 0 radical (unpaired) electrons. The number of rotatable bonds is 8. The molecular weight excluding hydrogens is 352 g/mol. The Balaban J connectivity index is 1.59. The molecule has 2 aromatic rings. The van der Waals surface area contributed by atoms with Gasteiger partial charge in [0.2, 0.25) is 0 Å². The standard InChI is InChI=1S/C20H23ClN2O3/c1-13-3-5-16(6-4-13)23-20(24)12-26-19-10-17(21)14(9-18(19)25-2)11-22-15-7-8-15/h3-6,9-10,15,22H,7-8,11-12H2,1-2H3,(H,23,24). The number of halogens is 1. The first-order chi connectivity index (χ1) is 12.5. The normalized spacial score (nSPS) is 13.3. The van der Waals surface area contributed by atoms with Crippen LogP contribution in [0.25, 0.3) is 0 Å². The summed E-state index contributed by atoms with van der Waals surface area (Å²) in [6.45, 7) is 2.56. The lowest BCUT2D eigenvalue weighted by atomic mass is 10.2. The molecule has 1 aliphatic rings. The highest BCUT2D eigenvalue weighted by atomic mass is 35.5. The minimum absolute atomic E-state index is 0.125. The van der Waals surface area contributed by atoms with Crippen LogP contribution in [0, 0.1) is 6.92 Å². The number of nitrogens with one attached hydrogen (secondary N) is 2. The van der Waals surface area contributed by atoms with E-state index in [0.29, 0.717) is 29.1 Å². The maximum absolute atomic E-state index is 12.1. The van der Waals surface area contributed by atoms with Gasteiger partial charge in [-0.25, -0.2) is 0 Å². The number of benzene rings is 2. The SMILES string of the molecule is COc1cc(CNC2CC2)c(Cl)cc1OCC(=O)Nc1ccc(C)cc1. The van der Waals surface area contributed by atoms with Crippen molar-refractivity contribution in [2.45, 2.75) is 32.4 Å². The van der Waals surface area contributed by atoms with Crippen molar-refractivity contribution in [2.24, 2.45) is 0 Å². The van der Waals surface area contributed by atoms with Crippen molar-refractivity contribution in [2.75, 3.05) is 19.0 Å². The minimum Gasteiger partial charge on any atom is -0.493 e. The molecular formula is C20H23ClN2O3. The average molecular weight is 375 g/mol. The first kappa shape index (κ1) is 18.5. The lowest BCUT2D eigenvalue weighted by molar-refractivity contribution is -0.118. The first-order valence-electron chi connectivity index (χ1n) is 8.64. The van der Waals surface area contributed by atoms with E-state index < -0.39 is 0 Å². The third-order valence-electron chi connectivity index (χ3n) is 4.19. The Labute approximate surface area is 158 Å². The number of methoxy groups -OCH3 is 1. The zero-order valence-electron chi connectivity index (χ0n) is 15.0. The molecule has 1 saturated carbocycles. The van der Waals surface area contributed by atoms with Crippen LogP contribution in [0.2, 0.25) is 5.02 Å². The maximum atomic E-state index is 12.1. The largest absolute Gasteiger partial charge is 0.493 e. The van der Waals surface area contributed by atoms with Crippen molar-refractivity contribution in [3.63, 3.8) is 0 Å². The van der Waals surface area contributed by atoms with E-state index in [2.05, 4.69) is 10.6 Å². The highest BCUT2D eigenvalue weighted by molar-refractivity contribution is 6.31. The molecule has 0 aromatic heterocycles. The summed E-state index contributed by atoms with van der Waals surface area (Å²) in [5.41, 5.74) is 2.82. The zero-order valence-corrected chi connectivity index (χ0v) is 15.7. The molecule has 1 fully saturated rings. The summed E-state index contributed by atoms with van der Waals surface area (Å²) in [5.74, 6) is 0.767. The Morgan fingerprint density at radius 3 is 2.58 bits per heavy atom. The molecule has 1 aliphatic carbocycles. The lowest BCUT2D eigenvalue weighted by Crippen LogP contribution is -2.20. The van der Waals surface area contributed by atoms with Gasteiger partial charge in [0.1, 0.15) is 0 Å². The highest BCUT2D eigenvalue weighted by Crippen LogP contribution is 2.34. The van der Waals surface area contributed by atoms with E-state index in [9.17, 15) is 4.79 Å². The third kappa shape index (κ3) is 5.13. The van der Waals surface area contributed by atoms with Gasteiger partial charge >= 0.3 is 0 Å². The predicted molar refractivity (Wildman–Crippen MR) is 103 cm³/mol. The zero-order chi connectivity index (χ0) is 18.5. The smallest absolute Gasteiger partial charge is 0.262 e. The Morgan fingerprint density at radius 1 is 1.19 bits per heavy atom. The van der Waals surface area contributed by atoms with E-state index in [1.54, 1.807) is 13.2 Å². The maximum Gasteiger partial charge on any atom is 0.262 e. The number of anilines is 1. The molecule has 0 heterocycles. The molecule has 0 spiro atoms. The number of hydrogen-bond donors (Lipinski definition) is 2. The molecule has 1 amide bonds. The Morgan fingerprint density at radius 2 is 1.92 bits per heavy atom. The van der Waals surface area contributed by atoms with Crippen molar-refractivity contribution >= 4 is 23.2 Å². The lowest BCUT2D eigenvalue weighted by Gasteiger charge is -2.14. The van der Waals surface area contributed by atoms with Crippen LogP contribution in [0.5, 0.6) is 11.5 Å². The second-order valence-electron chi connectivity index (χ2n) is 6.45. The number of ether oxygens (including phenoxy) is 2. The van der Waals surface area contributed by atoms with Gasteiger partial charge in [0, 0.05) is 29.4 Å².